The zero-order valence-electron chi connectivity index (χ0n) is 11.9. The Kier molecular flexibility index (Phi) is 5.42. The Bertz CT molecular complexity index is 503. The highest BCUT2D eigenvalue weighted by Crippen LogP contribution is 2.22. The first-order valence-corrected chi connectivity index (χ1v) is 8.46. The summed E-state index contributed by atoms with van der Waals surface area (Å²) in [5.41, 5.74) is 0.676. The van der Waals surface area contributed by atoms with E-state index < -0.39 is 9.84 Å². The van der Waals surface area contributed by atoms with E-state index >= 15 is 0 Å². The first-order chi connectivity index (χ1) is 8.64. The van der Waals surface area contributed by atoms with Gasteiger partial charge in [-0.2, -0.15) is 0 Å². The molecule has 5 heteroatoms. The minimum atomic E-state index is -3.15. The molecule has 19 heavy (non-hydrogen) atoms. The molecule has 0 aliphatic heterocycles. The molecule has 0 fully saturated rings. The van der Waals surface area contributed by atoms with Gasteiger partial charge in [0.15, 0.2) is 9.84 Å². The summed E-state index contributed by atoms with van der Waals surface area (Å²) in [7, 11) is -1.35. The molecular formula is C14H22ClNO2S. The van der Waals surface area contributed by atoms with Crippen molar-refractivity contribution in [3.8, 4) is 0 Å². The van der Waals surface area contributed by atoms with E-state index in [2.05, 4.69) is 5.32 Å². The van der Waals surface area contributed by atoms with E-state index in [4.69, 9.17) is 11.6 Å². The molecule has 0 saturated heterocycles. The molecule has 108 valence electrons. The normalized spacial score (nSPS) is 14.4. The van der Waals surface area contributed by atoms with Crippen molar-refractivity contribution in [1.82, 2.24) is 5.32 Å². The smallest absolute Gasteiger partial charge is 0.155 e. The minimum Gasteiger partial charge on any atom is -0.315 e. The van der Waals surface area contributed by atoms with Gasteiger partial charge >= 0.3 is 0 Å². The Morgan fingerprint density at radius 2 is 1.74 bits per heavy atom. The van der Waals surface area contributed by atoms with Gasteiger partial charge in [-0.05, 0) is 30.2 Å². The number of hydrogen-bond donors (Lipinski definition) is 1. The second-order valence-electron chi connectivity index (χ2n) is 5.89. The van der Waals surface area contributed by atoms with Crippen molar-refractivity contribution in [3.63, 3.8) is 0 Å². The molecule has 0 aliphatic carbocycles. The van der Waals surface area contributed by atoms with Crippen molar-refractivity contribution in [2.45, 2.75) is 32.6 Å². The third-order valence-electron chi connectivity index (χ3n) is 3.11. The predicted molar refractivity (Wildman–Crippen MR) is 81.2 cm³/mol. The quantitative estimate of drug-likeness (QED) is 0.910. The first-order valence-electron chi connectivity index (χ1n) is 6.26. The molecule has 0 aromatic heterocycles. The molecule has 1 aromatic rings. The minimum absolute atomic E-state index is 0.0540. The lowest BCUT2D eigenvalue weighted by atomic mass is 9.88. The van der Waals surface area contributed by atoms with E-state index in [1.165, 1.54) is 0 Å². The summed E-state index contributed by atoms with van der Waals surface area (Å²) in [6.45, 7) is 6.10. The average Bonchev–Trinajstić information content (AvgIpc) is 2.27. The van der Waals surface area contributed by atoms with Crippen LogP contribution in [0.4, 0.5) is 0 Å². The number of rotatable bonds is 5. The number of benzene rings is 1. The Hall–Kier alpha value is -0.580. The second-order valence-corrected chi connectivity index (χ2v) is 8.43. The maximum absolute atomic E-state index is 12.2. The van der Waals surface area contributed by atoms with E-state index in [9.17, 15) is 8.42 Å². The van der Waals surface area contributed by atoms with Gasteiger partial charge in [0, 0.05) is 11.1 Å². The highest BCUT2D eigenvalue weighted by atomic mass is 35.5. The van der Waals surface area contributed by atoms with Crippen molar-refractivity contribution in [1.29, 1.82) is 0 Å². The molecule has 0 amide bonds. The van der Waals surface area contributed by atoms with Crippen LogP contribution in [0.5, 0.6) is 0 Å². The molecule has 0 aliphatic rings. The number of hydrogen-bond acceptors (Lipinski definition) is 3. The van der Waals surface area contributed by atoms with Crippen molar-refractivity contribution in [2.75, 3.05) is 12.8 Å². The van der Waals surface area contributed by atoms with Gasteiger partial charge in [-0.3, -0.25) is 0 Å². The summed E-state index contributed by atoms with van der Waals surface area (Å²) < 4.78 is 24.5. The molecule has 0 saturated carbocycles. The van der Waals surface area contributed by atoms with Crippen LogP contribution in [-0.4, -0.2) is 27.3 Å². The first kappa shape index (κ1) is 16.5. The van der Waals surface area contributed by atoms with Gasteiger partial charge in [0.1, 0.15) is 0 Å². The molecule has 0 radical (unpaired) electrons. The largest absolute Gasteiger partial charge is 0.315 e. The fourth-order valence-corrected chi connectivity index (χ4v) is 4.03. The van der Waals surface area contributed by atoms with E-state index in [-0.39, 0.29) is 23.0 Å². The fourth-order valence-electron chi connectivity index (χ4n) is 1.91. The Morgan fingerprint density at radius 3 is 2.16 bits per heavy atom. The number of sulfone groups is 1. The van der Waals surface area contributed by atoms with Crippen molar-refractivity contribution in [2.24, 2.45) is 5.41 Å². The lowest BCUT2D eigenvalue weighted by molar-refractivity contribution is 0.302. The van der Waals surface area contributed by atoms with E-state index in [0.717, 1.165) is 5.56 Å². The monoisotopic (exact) mass is 303 g/mol. The number of nitrogens with one attached hydrogen (secondary N) is 1. The van der Waals surface area contributed by atoms with Gasteiger partial charge in [-0.15, -0.1) is 0 Å². The van der Waals surface area contributed by atoms with Gasteiger partial charge in [0.25, 0.3) is 0 Å². The Labute approximate surface area is 121 Å². The summed E-state index contributed by atoms with van der Waals surface area (Å²) in [5.74, 6) is 0.189. The highest BCUT2D eigenvalue weighted by molar-refractivity contribution is 7.90. The van der Waals surface area contributed by atoms with Crippen LogP contribution in [0.2, 0.25) is 5.02 Å². The van der Waals surface area contributed by atoms with Gasteiger partial charge in [0.2, 0.25) is 0 Å². The molecule has 1 rings (SSSR count). The second kappa shape index (κ2) is 6.25. The van der Waals surface area contributed by atoms with Crippen LogP contribution in [0, 0.1) is 5.41 Å². The van der Waals surface area contributed by atoms with Gasteiger partial charge in [0.05, 0.1) is 11.5 Å². The van der Waals surface area contributed by atoms with Crippen LogP contribution < -0.4 is 5.32 Å². The van der Waals surface area contributed by atoms with Crippen molar-refractivity contribution >= 4 is 21.4 Å². The van der Waals surface area contributed by atoms with Crippen LogP contribution in [-0.2, 0) is 15.6 Å². The lowest BCUT2D eigenvalue weighted by Gasteiger charge is -2.30. The van der Waals surface area contributed by atoms with Crippen molar-refractivity contribution < 1.29 is 8.42 Å². The fraction of sp³-hybridized carbons (Fsp3) is 0.571. The Morgan fingerprint density at radius 1 is 1.21 bits per heavy atom. The Balaban J connectivity index is 2.79. The number of halogens is 1. The standard InChI is InChI=1S/C14H22ClNO2S/c1-14(2,3)13(16-4)10-19(17,18)9-11-5-7-12(15)8-6-11/h5-8,13,16H,9-10H2,1-4H3. The average molecular weight is 304 g/mol. The zero-order valence-corrected chi connectivity index (χ0v) is 13.5. The lowest BCUT2D eigenvalue weighted by Crippen LogP contribution is -2.43. The summed E-state index contributed by atoms with van der Waals surface area (Å²) in [6, 6.07) is 6.87. The van der Waals surface area contributed by atoms with E-state index in [1.54, 1.807) is 31.3 Å². The van der Waals surface area contributed by atoms with Gasteiger partial charge in [-0.25, -0.2) is 8.42 Å². The summed E-state index contributed by atoms with van der Waals surface area (Å²) >= 11 is 5.79. The van der Waals surface area contributed by atoms with Crippen LogP contribution in [0.15, 0.2) is 24.3 Å². The van der Waals surface area contributed by atoms with Gasteiger partial charge in [-0.1, -0.05) is 44.5 Å². The SMILES string of the molecule is CNC(CS(=O)(=O)Cc1ccc(Cl)cc1)C(C)(C)C. The van der Waals surface area contributed by atoms with Crippen LogP contribution in [0.3, 0.4) is 0 Å². The summed E-state index contributed by atoms with van der Waals surface area (Å²) in [4.78, 5) is 0. The van der Waals surface area contributed by atoms with E-state index in [1.807, 2.05) is 20.8 Å². The van der Waals surface area contributed by atoms with Crippen LogP contribution >= 0.6 is 11.6 Å². The molecular weight excluding hydrogens is 282 g/mol. The molecule has 1 N–H and O–H groups in total. The van der Waals surface area contributed by atoms with E-state index in [0.29, 0.717) is 5.02 Å². The summed E-state index contributed by atoms with van der Waals surface area (Å²) in [5, 5.41) is 3.71. The molecule has 1 atom stereocenters. The predicted octanol–water partition coefficient (Wildman–Crippen LogP) is 2.89. The summed E-state index contributed by atoms with van der Waals surface area (Å²) in [6.07, 6.45) is 0. The van der Waals surface area contributed by atoms with Crippen molar-refractivity contribution in [3.05, 3.63) is 34.9 Å². The zero-order chi connectivity index (χ0) is 14.7. The molecule has 0 spiro atoms. The van der Waals surface area contributed by atoms with Gasteiger partial charge < -0.3 is 5.32 Å². The molecule has 0 bridgehead atoms. The molecule has 1 aromatic carbocycles. The molecule has 0 heterocycles. The maximum atomic E-state index is 12.2. The molecule has 1 unspecified atom stereocenters. The highest BCUT2D eigenvalue weighted by Gasteiger charge is 2.28. The maximum Gasteiger partial charge on any atom is 0.155 e. The van der Waals surface area contributed by atoms with Crippen LogP contribution in [0.1, 0.15) is 26.3 Å². The topological polar surface area (TPSA) is 46.2 Å². The van der Waals surface area contributed by atoms with Crippen LogP contribution in [0.25, 0.3) is 0 Å². The third-order valence-corrected chi connectivity index (χ3v) is 4.98. The third kappa shape index (κ3) is 5.51. The molecule has 3 nitrogen and oxygen atoms in total.